The molecule has 0 bridgehead atoms. The van der Waals surface area contributed by atoms with Gasteiger partial charge in [-0.1, -0.05) is 30.3 Å². The summed E-state index contributed by atoms with van der Waals surface area (Å²) in [4.78, 5) is 2.46. The van der Waals surface area contributed by atoms with Crippen molar-refractivity contribution in [2.45, 2.75) is 31.4 Å². The van der Waals surface area contributed by atoms with Crippen molar-refractivity contribution in [2.75, 3.05) is 32.7 Å². The summed E-state index contributed by atoms with van der Waals surface area (Å²) in [6.45, 7) is 5.01. The molecule has 0 aromatic heterocycles. The second-order valence-electron chi connectivity index (χ2n) is 5.67. The monoisotopic (exact) mass is 277 g/mol. The Hall–Kier alpha value is -0.940. The second kappa shape index (κ2) is 8.37. The molecule has 0 aliphatic carbocycles. The molecule has 4 heteroatoms. The van der Waals surface area contributed by atoms with Gasteiger partial charge in [-0.25, -0.2) is 0 Å². The molecule has 0 amide bonds. The zero-order valence-corrected chi connectivity index (χ0v) is 12.2. The van der Waals surface area contributed by atoms with Crippen molar-refractivity contribution in [3.05, 3.63) is 35.9 Å². The molecule has 4 nitrogen and oxygen atoms in total. The van der Waals surface area contributed by atoms with Crippen LogP contribution in [0.2, 0.25) is 0 Å². The summed E-state index contributed by atoms with van der Waals surface area (Å²) in [5.41, 5.74) is 7.23. The number of nitrogens with zero attached hydrogens (tertiary/aromatic N) is 1. The van der Waals surface area contributed by atoms with Crippen LogP contribution >= 0.6 is 0 Å². The molecule has 112 valence electrons. The van der Waals surface area contributed by atoms with Crippen LogP contribution in [0.3, 0.4) is 0 Å². The standard InChI is InChI=1S/C16H27N3O/c17-15(12-14-6-2-1-3-7-14)16(20)13-18-8-11-19-9-4-5-10-19/h1-3,6-7,15-16,18,20H,4-5,8-13,17H2/t15?,16-/m0/s1. The topological polar surface area (TPSA) is 61.5 Å². The van der Waals surface area contributed by atoms with E-state index in [-0.39, 0.29) is 6.04 Å². The zero-order chi connectivity index (χ0) is 14.2. The fourth-order valence-corrected chi connectivity index (χ4v) is 2.67. The van der Waals surface area contributed by atoms with E-state index in [0.29, 0.717) is 6.54 Å². The number of aliphatic hydroxyl groups excluding tert-OH is 1. The number of hydrogen-bond donors (Lipinski definition) is 3. The van der Waals surface area contributed by atoms with Gasteiger partial charge in [0.2, 0.25) is 0 Å². The van der Waals surface area contributed by atoms with Gasteiger partial charge in [-0.05, 0) is 37.9 Å². The molecular weight excluding hydrogens is 250 g/mol. The summed E-state index contributed by atoms with van der Waals surface area (Å²) in [7, 11) is 0. The highest BCUT2D eigenvalue weighted by Crippen LogP contribution is 2.06. The Kier molecular flexibility index (Phi) is 6.47. The Labute approximate surface area is 122 Å². The largest absolute Gasteiger partial charge is 0.390 e. The number of aliphatic hydroxyl groups is 1. The quantitative estimate of drug-likeness (QED) is 0.609. The zero-order valence-electron chi connectivity index (χ0n) is 12.2. The second-order valence-corrected chi connectivity index (χ2v) is 5.67. The lowest BCUT2D eigenvalue weighted by molar-refractivity contribution is 0.140. The third-order valence-corrected chi connectivity index (χ3v) is 3.97. The third kappa shape index (κ3) is 5.21. The lowest BCUT2D eigenvalue weighted by Gasteiger charge is -2.20. The minimum absolute atomic E-state index is 0.211. The van der Waals surface area contributed by atoms with Gasteiger partial charge in [0.05, 0.1) is 6.10 Å². The molecule has 1 heterocycles. The summed E-state index contributed by atoms with van der Waals surface area (Å²) in [5.74, 6) is 0. The highest BCUT2D eigenvalue weighted by molar-refractivity contribution is 5.16. The molecule has 1 unspecified atom stereocenters. The van der Waals surface area contributed by atoms with E-state index in [4.69, 9.17) is 5.73 Å². The maximum Gasteiger partial charge on any atom is 0.0818 e. The van der Waals surface area contributed by atoms with E-state index >= 15 is 0 Å². The van der Waals surface area contributed by atoms with E-state index in [2.05, 4.69) is 10.2 Å². The molecule has 1 fully saturated rings. The fraction of sp³-hybridized carbons (Fsp3) is 0.625. The van der Waals surface area contributed by atoms with Gasteiger partial charge in [0, 0.05) is 25.7 Å². The van der Waals surface area contributed by atoms with Crippen LogP contribution in [-0.4, -0.2) is 54.9 Å². The van der Waals surface area contributed by atoms with Crippen molar-refractivity contribution in [1.29, 1.82) is 0 Å². The maximum absolute atomic E-state index is 10.1. The van der Waals surface area contributed by atoms with Crippen molar-refractivity contribution in [1.82, 2.24) is 10.2 Å². The first-order valence-electron chi connectivity index (χ1n) is 7.66. The summed E-state index contributed by atoms with van der Waals surface area (Å²) in [6.07, 6.45) is 2.87. The van der Waals surface area contributed by atoms with Crippen LogP contribution < -0.4 is 11.1 Å². The minimum atomic E-state index is -0.492. The fourth-order valence-electron chi connectivity index (χ4n) is 2.67. The van der Waals surface area contributed by atoms with Crippen LogP contribution in [0.4, 0.5) is 0 Å². The summed E-state index contributed by atoms with van der Waals surface area (Å²) in [6, 6.07) is 9.88. The number of nitrogens with one attached hydrogen (secondary N) is 1. The average molecular weight is 277 g/mol. The highest BCUT2D eigenvalue weighted by Gasteiger charge is 2.15. The van der Waals surface area contributed by atoms with Gasteiger partial charge in [-0.3, -0.25) is 0 Å². The van der Waals surface area contributed by atoms with Gasteiger partial charge < -0.3 is 21.1 Å². The first kappa shape index (κ1) is 15.4. The average Bonchev–Trinajstić information content (AvgIpc) is 2.97. The van der Waals surface area contributed by atoms with Crippen molar-refractivity contribution in [2.24, 2.45) is 5.73 Å². The van der Waals surface area contributed by atoms with Gasteiger partial charge >= 0.3 is 0 Å². The predicted octanol–water partition coefficient (Wildman–Crippen LogP) is 0.603. The van der Waals surface area contributed by atoms with E-state index in [0.717, 1.165) is 19.5 Å². The number of rotatable bonds is 8. The Bertz CT molecular complexity index is 365. The van der Waals surface area contributed by atoms with Gasteiger partial charge in [0.25, 0.3) is 0 Å². The van der Waals surface area contributed by atoms with E-state index < -0.39 is 6.10 Å². The normalized spacial score (nSPS) is 19.1. The first-order chi connectivity index (χ1) is 9.75. The van der Waals surface area contributed by atoms with Gasteiger partial charge in [0.15, 0.2) is 0 Å². The smallest absolute Gasteiger partial charge is 0.0818 e. The van der Waals surface area contributed by atoms with E-state index in [9.17, 15) is 5.11 Å². The van der Waals surface area contributed by atoms with E-state index in [1.165, 1.54) is 31.5 Å². The molecule has 2 rings (SSSR count). The number of hydrogen-bond acceptors (Lipinski definition) is 4. The SMILES string of the molecule is NC(Cc1ccccc1)[C@@H](O)CNCCN1CCCC1. The summed E-state index contributed by atoms with van der Waals surface area (Å²) < 4.78 is 0. The molecule has 20 heavy (non-hydrogen) atoms. The van der Waals surface area contributed by atoms with Crippen LogP contribution in [0.5, 0.6) is 0 Å². The predicted molar refractivity (Wildman–Crippen MR) is 82.7 cm³/mol. The Balaban J connectivity index is 1.59. The lowest BCUT2D eigenvalue weighted by Crippen LogP contribution is -2.44. The van der Waals surface area contributed by atoms with Gasteiger partial charge in [-0.15, -0.1) is 0 Å². The van der Waals surface area contributed by atoms with Crippen molar-refractivity contribution in [3.8, 4) is 0 Å². The van der Waals surface area contributed by atoms with E-state index in [1.807, 2.05) is 30.3 Å². The highest BCUT2D eigenvalue weighted by atomic mass is 16.3. The Morgan fingerprint density at radius 2 is 1.90 bits per heavy atom. The molecular formula is C16H27N3O. The molecule has 0 spiro atoms. The Morgan fingerprint density at radius 1 is 1.20 bits per heavy atom. The van der Waals surface area contributed by atoms with Crippen molar-refractivity contribution in [3.63, 3.8) is 0 Å². The van der Waals surface area contributed by atoms with E-state index in [1.54, 1.807) is 0 Å². The molecule has 0 saturated carbocycles. The van der Waals surface area contributed by atoms with Crippen LogP contribution in [-0.2, 0) is 6.42 Å². The minimum Gasteiger partial charge on any atom is -0.390 e. The van der Waals surface area contributed by atoms with Crippen LogP contribution in [0.15, 0.2) is 30.3 Å². The number of benzene rings is 1. The summed E-state index contributed by atoms with van der Waals surface area (Å²) >= 11 is 0. The molecule has 0 radical (unpaired) electrons. The summed E-state index contributed by atoms with van der Waals surface area (Å²) in [5, 5.41) is 13.4. The molecule has 1 aliphatic rings. The Morgan fingerprint density at radius 3 is 2.60 bits per heavy atom. The molecule has 1 aliphatic heterocycles. The van der Waals surface area contributed by atoms with Crippen molar-refractivity contribution >= 4 is 0 Å². The van der Waals surface area contributed by atoms with Gasteiger partial charge in [0.1, 0.15) is 0 Å². The molecule has 2 atom stereocenters. The van der Waals surface area contributed by atoms with Crippen LogP contribution in [0.1, 0.15) is 18.4 Å². The first-order valence-corrected chi connectivity index (χ1v) is 7.66. The van der Waals surface area contributed by atoms with Crippen LogP contribution in [0, 0.1) is 0 Å². The van der Waals surface area contributed by atoms with Crippen LogP contribution in [0.25, 0.3) is 0 Å². The molecule has 1 aromatic rings. The third-order valence-electron chi connectivity index (χ3n) is 3.97. The maximum atomic E-state index is 10.1. The van der Waals surface area contributed by atoms with Gasteiger partial charge in [-0.2, -0.15) is 0 Å². The number of likely N-dealkylation sites (tertiary alicyclic amines) is 1. The lowest BCUT2D eigenvalue weighted by atomic mass is 10.0. The molecule has 1 saturated heterocycles. The number of nitrogens with two attached hydrogens (primary N) is 1. The van der Waals surface area contributed by atoms with Crippen molar-refractivity contribution < 1.29 is 5.11 Å². The molecule has 1 aromatic carbocycles. The molecule has 4 N–H and O–H groups in total.